The Bertz CT molecular complexity index is 797. The van der Waals surface area contributed by atoms with Crippen LogP contribution >= 0.6 is 0 Å². The first kappa shape index (κ1) is 19.0. The van der Waals surface area contributed by atoms with Crippen molar-refractivity contribution in [2.24, 2.45) is 5.92 Å². The van der Waals surface area contributed by atoms with Crippen molar-refractivity contribution in [3.05, 3.63) is 48.0 Å². The molecule has 2 aliphatic rings. The normalized spacial score (nSPS) is 20.0. The summed E-state index contributed by atoms with van der Waals surface area (Å²) in [5.41, 5.74) is 0.675. The van der Waals surface area contributed by atoms with Gasteiger partial charge >= 0.3 is 0 Å². The van der Waals surface area contributed by atoms with Gasteiger partial charge in [-0.1, -0.05) is 25.5 Å². The monoisotopic (exact) mass is 381 g/mol. The number of nitrogens with zero attached hydrogens (tertiary/aromatic N) is 3. The van der Waals surface area contributed by atoms with Crippen LogP contribution < -0.4 is 4.74 Å². The van der Waals surface area contributed by atoms with Crippen molar-refractivity contribution in [1.82, 2.24) is 14.5 Å². The first-order valence-electron chi connectivity index (χ1n) is 10.8. The molecule has 2 aromatic rings. The number of hydrogen-bond donors (Lipinski definition) is 0. The molecule has 0 spiro atoms. The number of carbonyl (C=O) groups is 1. The average Bonchev–Trinajstić information content (AvgIpc) is 3.17. The molecule has 5 nitrogen and oxygen atoms in total. The van der Waals surface area contributed by atoms with Crippen molar-refractivity contribution in [1.29, 1.82) is 0 Å². The minimum atomic E-state index is 0.0773. The molecular formula is C23H31N3O2. The molecule has 1 amide bonds. The maximum absolute atomic E-state index is 13.2. The van der Waals surface area contributed by atoms with E-state index in [1.54, 1.807) is 0 Å². The van der Waals surface area contributed by atoms with Gasteiger partial charge in [-0.3, -0.25) is 4.79 Å². The van der Waals surface area contributed by atoms with Gasteiger partial charge in [0, 0.05) is 37.9 Å². The van der Waals surface area contributed by atoms with Crippen molar-refractivity contribution in [3.63, 3.8) is 0 Å². The molecule has 1 aliphatic heterocycles. The van der Waals surface area contributed by atoms with E-state index in [9.17, 15) is 4.79 Å². The summed E-state index contributed by atoms with van der Waals surface area (Å²) in [6.45, 7) is 5.33. The predicted octanol–water partition coefficient (Wildman–Crippen LogP) is 4.49. The van der Waals surface area contributed by atoms with Crippen LogP contribution in [0.5, 0.6) is 5.75 Å². The highest BCUT2D eigenvalue weighted by Crippen LogP contribution is 2.32. The zero-order chi connectivity index (χ0) is 19.3. The Labute approximate surface area is 167 Å². The number of piperidine rings is 1. The number of benzene rings is 1. The van der Waals surface area contributed by atoms with Crippen LogP contribution in [-0.4, -0.2) is 40.1 Å². The second-order valence-electron chi connectivity index (χ2n) is 8.17. The minimum absolute atomic E-state index is 0.0773. The summed E-state index contributed by atoms with van der Waals surface area (Å²) in [4.78, 5) is 19.9. The molecule has 1 aromatic heterocycles. The molecule has 28 heavy (non-hydrogen) atoms. The Kier molecular flexibility index (Phi) is 5.98. The van der Waals surface area contributed by atoms with Gasteiger partial charge < -0.3 is 14.2 Å². The largest absolute Gasteiger partial charge is 0.493 e. The maximum atomic E-state index is 13.2. The molecule has 150 valence electrons. The van der Waals surface area contributed by atoms with Gasteiger partial charge in [0.15, 0.2) is 0 Å². The van der Waals surface area contributed by atoms with Crippen molar-refractivity contribution in [2.45, 2.75) is 57.9 Å². The second-order valence-corrected chi connectivity index (χ2v) is 8.17. The number of hydrogen-bond acceptors (Lipinski definition) is 3. The van der Waals surface area contributed by atoms with Crippen LogP contribution in [0.15, 0.2) is 36.7 Å². The number of aromatic nitrogens is 2. The van der Waals surface area contributed by atoms with E-state index in [0.717, 1.165) is 50.6 Å². The summed E-state index contributed by atoms with van der Waals surface area (Å²) in [5, 5.41) is 0. The first-order valence-corrected chi connectivity index (χ1v) is 10.8. The third-order valence-electron chi connectivity index (χ3n) is 6.08. The summed E-state index contributed by atoms with van der Waals surface area (Å²) < 4.78 is 8.15. The Hall–Kier alpha value is -2.30. The lowest BCUT2D eigenvalue weighted by Crippen LogP contribution is -2.40. The molecule has 0 bridgehead atoms. The molecular weight excluding hydrogens is 350 g/mol. The van der Waals surface area contributed by atoms with Crippen LogP contribution in [0.1, 0.15) is 67.5 Å². The van der Waals surface area contributed by atoms with Gasteiger partial charge in [0.05, 0.1) is 12.2 Å². The van der Waals surface area contributed by atoms with Crippen LogP contribution in [0.25, 0.3) is 0 Å². The van der Waals surface area contributed by atoms with Gasteiger partial charge in [0.1, 0.15) is 11.6 Å². The third kappa shape index (κ3) is 4.08. The van der Waals surface area contributed by atoms with E-state index in [1.807, 2.05) is 35.4 Å². The summed E-state index contributed by atoms with van der Waals surface area (Å²) in [6.07, 6.45) is 11.1. The summed E-state index contributed by atoms with van der Waals surface area (Å²) in [5.74, 6) is 3.05. The van der Waals surface area contributed by atoms with Crippen molar-refractivity contribution in [2.75, 3.05) is 19.7 Å². The van der Waals surface area contributed by atoms with Gasteiger partial charge in [-0.05, 0) is 50.2 Å². The topological polar surface area (TPSA) is 47.4 Å². The number of imidazole rings is 1. The zero-order valence-electron chi connectivity index (χ0n) is 16.8. The van der Waals surface area contributed by atoms with Crippen LogP contribution in [0.2, 0.25) is 0 Å². The van der Waals surface area contributed by atoms with Gasteiger partial charge in [-0.15, -0.1) is 0 Å². The number of likely N-dealkylation sites (tertiary alicyclic amines) is 1. The highest BCUT2D eigenvalue weighted by atomic mass is 16.5. The molecule has 2 heterocycles. The van der Waals surface area contributed by atoms with Crippen LogP contribution in [-0.2, 0) is 6.54 Å². The SMILES string of the molecule is CCCOc1ccccc1C(=O)N1CCC[C@H](c2nccn2CC2CCC2)C1. The third-order valence-corrected chi connectivity index (χ3v) is 6.08. The average molecular weight is 382 g/mol. The van der Waals surface area contributed by atoms with Crippen LogP contribution in [0.4, 0.5) is 0 Å². The Morgan fingerprint density at radius 3 is 2.86 bits per heavy atom. The molecule has 4 rings (SSSR count). The Balaban J connectivity index is 1.47. The molecule has 1 aromatic carbocycles. The zero-order valence-corrected chi connectivity index (χ0v) is 16.8. The van der Waals surface area contributed by atoms with Gasteiger partial charge in [-0.2, -0.15) is 0 Å². The molecule has 1 saturated heterocycles. The molecule has 1 aliphatic carbocycles. The molecule has 0 unspecified atom stereocenters. The maximum Gasteiger partial charge on any atom is 0.257 e. The summed E-state index contributed by atoms with van der Waals surface area (Å²) in [6, 6.07) is 7.63. The highest BCUT2D eigenvalue weighted by Gasteiger charge is 2.30. The molecule has 1 atom stereocenters. The number of carbonyl (C=O) groups excluding carboxylic acids is 1. The Morgan fingerprint density at radius 2 is 2.07 bits per heavy atom. The fourth-order valence-electron chi connectivity index (χ4n) is 4.31. The van der Waals surface area contributed by atoms with E-state index in [2.05, 4.69) is 22.7 Å². The number of amides is 1. The number of para-hydroxylation sites is 1. The fraction of sp³-hybridized carbons (Fsp3) is 0.565. The van der Waals surface area contributed by atoms with Crippen molar-refractivity contribution >= 4 is 5.91 Å². The highest BCUT2D eigenvalue weighted by molar-refractivity contribution is 5.97. The number of rotatable bonds is 7. The smallest absolute Gasteiger partial charge is 0.257 e. The first-order chi connectivity index (χ1) is 13.8. The van der Waals surface area contributed by atoms with E-state index in [1.165, 1.54) is 19.3 Å². The molecule has 0 radical (unpaired) electrons. The summed E-state index contributed by atoms with van der Waals surface area (Å²) >= 11 is 0. The fourth-order valence-corrected chi connectivity index (χ4v) is 4.31. The van der Waals surface area contributed by atoms with E-state index >= 15 is 0 Å². The van der Waals surface area contributed by atoms with E-state index in [0.29, 0.717) is 23.8 Å². The van der Waals surface area contributed by atoms with Crippen molar-refractivity contribution in [3.8, 4) is 5.75 Å². The lowest BCUT2D eigenvalue weighted by Gasteiger charge is -2.34. The molecule has 5 heteroatoms. The van der Waals surface area contributed by atoms with Crippen LogP contribution in [0.3, 0.4) is 0 Å². The summed E-state index contributed by atoms with van der Waals surface area (Å²) in [7, 11) is 0. The number of ether oxygens (including phenoxy) is 1. The van der Waals surface area contributed by atoms with Gasteiger partial charge in [-0.25, -0.2) is 4.98 Å². The lowest BCUT2D eigenvalue weighted by molar-refractivity contribution is 0.0698. The van der Waals surface area contributed by atoms with E-state index < -0.39 is 0 Å². The standard InChI is InChI=1S/C23H31N3O2/c1-2-15-28-21-11-4-3-10-20(21)23(27)26-13-6-9-19(17-26)22-24-12-14-25(22)16-18-7-5-8-18/h3-4,10-12,14,18-19H,2,5-9,13,15-17H2,1H3/t19-/m0/s1. The van der Waals surface area contributed by atoms with E-state index in [4.69, 9.17) is 4.74 Å². The van der Waals surface area contributed by atoms with Crippen LogP contribution in [0, 0.1) is 5.92 Å². The Morgan fingerprint density at radius 1 is 1.21 bits per heavy atom. The lowest BCUT2D eigenvalue weighted by atomic mass is 9.85. The quantitative estimate of drug-likeness (QED) is 0.710. The second kappa shape index (κ2) is 8.80. The molecule has 0 N–H and O–H groups in total. The predicted molar refractivity (Wildman–Crippen MR) is 110 cm³/mol. The van der Waals surface area contributed by atoms with Gasteiger partial charge in [0.2, 0.25) is 0 Å². The minimum Gasteiger partial charge on any atom is -0.493 e. The van der Waals surface area contributed by atoms with Gasteiger partial charge in [0.25, 0.3) is 5.91 Å². The molecule has 2 fully saturated rings. The molecule has 1 saturated carbocycles. The van der Waals surface area contributed by atoms with Crippen molar-refractivity contribution < 1.29 is 9.53 Å². The van der Waals surface area contributed by atoms with E-state index in [-0.39, 0.29) is 5.91 Å².